The third kappa shape index (κ3) is 3.94. The molecule has 8 heteroatoms. The summed E-state index contributed by atoms with van der Waals surface area (Å²) in [5.74, 6) is -0.186. The molecule has 0 heterocycles. The summed E-state index contributed by atoms with van der Waals surface area (Å²) < 4.78 is 10.1. The number of nitro benzene ring substituents is 1. The van der Waals surface area contributed by atoms with Gasteiger partial charge in [-0.15, -0.1) is 0 Å². The lowest BCUT2D eigenvalue weighted by Gasteiger charge is -2.11. The third-order valence-corrected chi connectivity index (χ3v) is 3.52. The van der Waals surface area contributed by atoms with E-state index in [1.807, 2.05) is 0 Å². The number of hydrogen-bond acceptors (Lipinski definition) is 5. The molecule has 0 aliphatic rings. The molecule has 0 saturated carbocycles. The van der Waals surface area contributed by atoms with Crippen LogP contribution >= 0.6 is 11.6 Å². The summed E-state index contributed by atoms with van der Waals surface area (Å²) in [5, 5.41) is 14.4. The summed E-state index contributed by atoms with van der Waals surface area (Å²) in [6.45, 7) is 0.185. The second kappa shape index (κ2) is 7.65. The van der Waals surface area contributed by atoms with E-state index < -0.39 is 10.8 Å². The Labute approximate surface area is 143 Å². The summed E-state index contributed by atoms with van der Waals surface area (Å²) >= 11 is 5.88. The Kier molecular flexibility index (Phi) is 5.59. The van der Waals surface area contributed by atoms with Crippen LogP contribution in [0, 0.1) is 10.1 Å². The van der Waals surface area contributed by atoms with Crippen molar-refractivity contribution in [3.05, 3.63) is 62.7 Å². The van der Waals surface area contributed by atoms with Crippen molar-refractivity contribution in [3.63, 3.8) is 0 Å². The Morgan fingerprint density at radius 3 is 2.46 bits per heavy atom. The van der Waals surface area contributed by atoms with E-state index in [1.54, 1.807) is 24.3 Å². The van der Waals surface area contributed by atoms with Crippen LogP contribution in [0.4, 0.5) is 5.69 Å². The van der Waals surface area contributed by atoms with Gasteiger partial charge in [-0.2, -0.15) is 0 Å². The average molecular weight is 351 g/mol. The quantitative estimate of drug-likeness (QED) is 0.638. The molecule has 24 heavy (non-hydrogen) atoms. The first kappa shape index (κ1) is 17.6. The smallest absolute Gasteiger partial charge is 0.286 e. The molecule has 0 saturated heterocycles. The van der Waals surface area contributed by atoms with Gasteiger partial charge in [0.1, 0.15) is 5.56 Å². The average Bonchev–Trinajstić information content (AvgIpc) is 2.58. The van der Waals surface area contributed by atoms with Gasteiger partial charge in [-0.25, -0.2) is 0 Å². The van der Waals surface area contributed by atoms with Crippen LogP contribution in [0.2, 0.25) is 5.02 Å². The van der Waals surface area contributed by atoms with Crippen LogP contribution in [0.15, 0.2) is 36.4 Å². The molecule has 0 spiro atoms. The Morgan fingerprint density at radius 1 is 1.21 bits per heavy atom. The van der Waals surface area contributed by atoms with Crippen LogP contribution in [0.1, 0.15) is 15.9 Å². The molecule has 0 fully saturated rings. The number of rotatable bonds is 6. The Bertz CT molecular complexity index is 779. The maximum Gasteiger partial charge on any atom is 0.286 e. The summed E-state index contributed by atoms with van der Waals surface area (Å²) in [4.78, 5) is 22.9. The summed E-state index contributed by atoms with van der Waals surface area (Å²) in [7, 11) is 2.75. The molecular weight excluding hydrogens is 336 g/mol. The zero-order valence-electron chi connectivity index (χ0n) is 13.0. The number of benzene rings is 2. The number of ether oxygens (including phenoxy) is 2. The number of halogens is 1. The lowest BCUT2D eigenvalue weighted by Crippen LogP contribution is -2.23. The molecule has 0 aromatic heterocycles. The SMILES string of the molecule is COc1cc(C(=O)NCc2cccc(Cl)c2)c([N+](=O)[O-])cc1OC. The molecule has 0 radical (unpaired) electrons. The highest BCUT2D eigenvalue weighted by molar-refractivity contribution is 6.30. The van der Waals surface area contributed by atoms with Crippen LogP contribution in [0.25, 0.3) is 0 Å². The van der Waals surface area contributed by atoms with Crippen molar-refractivity contribution in [2.45, 2.75) is 6.54 Å². The summed E-state index contributed by atoms with van der Waals surface area (Å²) in [6, 6.07) is 9.40. The van der Waals surface area contributed by atoms with Crippen molar-refractivity contribution in [2.24, 2.45) is 0 Å². The first-order valence-electron chi connectivity index (χ1n) is 6.89. The van der Waals surface area contributed by atoms with Gasteiger partial charge in [0, 0.05) is 17.6 Å². The Hall–Kier alpha value is -2.80. The van der Waals surface area contributed by atoms with E-state index >= 15 is 0 Å². The molecule has 1 N–H and O–H groups in total. The van der Waals surface area contributed by atoms with E-state index in [0.717, 1.165) is 11.6 Å². The fraction of sp³-hybridized carbons (Fsp3) is 0.188. The van der Waals surface area contributed by atoms with Crippen molar-refractivity contribution in [3.8, 4) is 11.5 Å². The highest BCUT2D eigenvalue weighted by atomic mass is 35.5. The van der Waals surface area contributed by atoms with Crippen molar-refractivity contribution in [1.82, 2.24) is 5.32 Å². The predicted molar refractivity (Wildman–Crippen MR) is 88.8 cm³/mol. The second-order valence-corrected chi connectivity index (χ2v) is 5.23. The van der Waals surface area contributed by atoms with Crippen molar-refractivity contribution in [2.75, 3.05) is 14.2 Å². The lowest BCUT2D eigenvalue weighted by molar-refractivity contribution is -0.385. The van der Waals surface area contributed by atoms with Gasteiger partial charge in [0.25, 0.3) is 11.6 Å². The van der Waals surface area contributed by atoms with Gasteiger partial charge in [-0.3, -0.25) is 14.9 Å². The Balaban J connectivity index is 2.28. The Morgan fingerprint density at radius 2 is 1.88 bits per heavy atom. The molecule has 126 valence electrons. The number of carbonyl (C=O) groups is 1. The predicted octanol–water partition coefficient (Wildman–Crippen LogP) is 3.20. The molecule has 0 unspecified atom stereocenters. The van der Waals surface area contributed by atoms with E-state index in [1.165, 1.54) is 20.3 Å². The summed E-state index contributed by atoms with van der Waals surface area (Å²) in [6.07, 6.45) is 0. The van der Waals surface area contributed by atoms with Crippen LogP contribution < -0.4 is 14.8 Å². The highest BCUT2D eigenvalue weighted by Gasteiger charge is 2.24. The van der Waals surface area contributed by atoms with Gasteiger partial charge in [-0.05, 0) is 17.7 Å². The fourth-order valence-electron chi connectivity index (χ4n) is 2.13. The normalized spacial score (nSPS) is 10.1. The number of nitrogens with zero attached hydrogens (tertiary/aromatic N) is 1. The van der Waals surface area contributed by atoms with Gasteiger partial charge in [-0.1, -0.05) is 23.7 Å². The largest absolute Gasteiger partial charge is 0.493 e. The molecular formula is C16H15ClN2O5. The second-order valence-electron chi connectivity index (χ2n) is 4.79. The lowest BCUT2D eigenvalue weighted by atomic mass is 10.1. The summed E-state index contributed by atoms with van der Waals surface area (Å²) in [5.41, 5.74) is 0.301. The maximum atomic E-state index is 12.4. The van der Waals surface area contributed by atoms with Gasteiger partial charge >= 0.3 is 0 Å². The van der Waals surface area contributed by atoms with Crippen LogP contribution in [-0.4, -0.2) is 25.1 Å². The van der Waals surface area contributed by atoms with Crippen molar-refractivity contribution < 1.29 is 19.2 Å². The third-order valence-electron chi connectivity index (χ3n) is 3.29. The van der Waals surface area contributed by atoms with E-state index in [2.05, 4.69) is 5.32 Å². The van der Waals surface area contributed by atoms with Crippen LogP contribution in [-0.2, 0) is 6.54 Å². The maximum absolute atomic E-state index is 12.4. The van der Waals surface area contributed by atoms with Crippen molar-refractivity contribution in [1.29, 1.82) is 0 Å². The number of nitrogens with one attached hydrogen (secondary N) is 1. The molecule has 2 aromatic rings. The monoisotopic (exact) mass is 350 g/mol. The van der Waals surface area contributed by atoms with Gasteiger partial charge in [0.2, 0.25) is 0 Å². The standard InChI is InChI=1S/C16H15ClN2O5/c1-23-14-7-12(13(19(21)22)8-15(14)24-2)16(20)18-9-10-4-3-5-11(17)6-10/h3-8H,9H2,1-2H3,(H,18,20). The molecule has 2 rings (SSSR count). The van der Waals surface area contributed by atoms with Crippen LogP contribution in [0.3, 0.4) is 0 Å². The minimum atomic E-state index is -0.643. The van der Waals surface area contributed by atoms with E-state index in [0.29, 0.717) is 5.02 Å². The van der Waals surface area contributed by atoms with E-state index in [9.17, 15) is 14.9 Å². The number of nitro groups is 1. The molecule has 2 aromatic carbocycles. The number of carbonyl (C=O) groups excluding carboxylic acids is 1. The molecule has 1 amide bonds. The molecule has 0 atom stereocenters. The van der Waals surface area contributed by atoms with Gasteiger partial charge in [0.15, 0.2) is 11.5 Å². The minimum absolute atomic E-state index is 0.111. The molecule has 7 nitrogen and oxygen atoms in total. The molecule has 0 bridgehead atoms. The van der Waals surface area contributed by atoms with Crippen LogP contribution in [0.5, 0.6) is 11.5 Å². The van der Waals surface area contributed by atoms with E-state index in [-0.39, 0.29) is 29.3 Å². The van der Waals surface area contributed by atoms with Gasteiger partial charge in [0.05, 0.1) is 25.2 Å². The zero-order chi connectivity index (χ0) is 17.7. The first-order chi connectivity index (χ1) is 11.5. The molecule has 0 aliphatic carbocycles. The fourth-order valence-corrected chi connectivity index (χ4v) is 2.34. The highest BCUT2D eigenvalue weighted by Crippen LogP contribution is 2.34. The van der Waals surface area contributed by atoms with Crippen molar-refractivity contribution >= 4 is 23.2 Å². The van der Waals surface area contributed by atoms with Gasteiger partial charge < -0.3 is 14.8 Å². The number of methoxy groups -OCH3 is 2. The topological polar surface area (TPSA) is 90.7 Å². The molecule has 0 aliphatic heterocycles. The number of amides is 1. The minimum Gasteiger partial charge on any atom is -0.493 e. The zero-order valence-corrected chi connectivity index (χ0v) is 13.8. The van der Waals surface area contributed by atoms with E-state index in [4.69, 9.17) is 21.1 Å². The number of hydrogen-bond donors (Lipinski definition) is 1. The first-order valence-corrected chi connectivity index (χ1v) is 7.27.